The molecular formula is C12H16ClNO3S. The molecule has 1 aromatic heterocycles. The standard InChI is InChI=1S/C12H16ClNO3S/c1-14(6-2-3-12(16)17)11(15)5-4-10-7-9(13)8-18-10/h7-8H,2-6H2,1H3,(H,16,17). The molecule has 0 fully saturated rings. The van der Waals surface area contributed by atoms with Gasteiger partial charge in [-0.2, -0.15) is 0 Å². The Balaban J connectivity index is 2.25. The van der Waals surface area contributed by atoms with Crippen LogP contribution in [0.3, 0.4) is 0 Å². The molecule has 1 heterocycles. The van der Waals surface area contributed by atoms with E-state index >= 15 is 0 Å². The van der Waals surface area contributed by atoms with E-state index in [0.717, 1.165) is 4.88 Å². The van der Waals surface area contributed by atoms with E-state index in [1.807, 2.05) is 11.4 Å². The zero-order chi connectivity index (χ0) is 13.5. The van der Waals surface area contributed by atoms with Gasteiger partial charge >= 0.3 is 5.97 Å². The summed E-state index contributed by atoms with van der Waals surface area (Å²) in [5.74, 6) is -0.797. The molecule has 0 aromatic carbocycles. The Bertz CT molecular complexity index is 419. The van der Waals surface area contributed by atoms with Crippen molar-refractivity contribution in [2.24, 2.45) is 0 Å². The number of hydrogen-bond acceptors (Lipinski definition) is 3. The number of carboxylic acid groups (broad SMARTS) is 1. The van der Waals surface area contributed by atoms with Gasteiger partial charge in [0.1, 0.15) is 0 Å². The molecule has 0 spiro atoms. The lowest BCUT2D eigenvalue weighted by Gasteiger charge is -2.16. The molecule has 0 radical (unpaired) electrons. The molecule has 1 N–H and O–H groups in total. The summed E-state index contributed by atoms with van der Waals surface area (Å²) in [6, 6.07) is 1.87. The maximum atomic E-state index is 11.7. The molecule has 0 bridgehead atoms. The number of carbonyl (C=O) groups is 2. The summed E-state index contributed by atoms with van der Waals surface area (Å²) in [7, 11) is 1.70. The highest BCUT2D eigenvalue weighted by Gasteiger charge is 2.10. The molecular weight excluding hydrogens is 274 g/mol. The van der Waals surface area contributed by atoms with Crippen LogP contribution in [0.5, 0.6) is 0 Å². The summed E-state index contributed by atoms with van der Waals surface area (Å²) in [5.41, 5.74) is 0. The smallest absolute Gasteiger partial charge is 0.303 e. The first-order chi connectivity index (χ1) is 8.49. The molecule has 6 heteroatoms. The van der Waals surface area contributed by atoms with Gasteiger partial charge in [-0.15, -0.1) is 11.3 Å². The van der Waals surface area contributed by atoms with E-state index in [1.54, 1.807) is 23.3 Å². The van der Waals surface area contributed by atoms with Gasteiger partial charge in [0.25, 0.3) is 0 Å². The van der Waals surface area contributed by atoms with Crippen LogP contribution in [0, 0.1) is 0 Å². The third-order valence-corrected chi connectivity index (χ3v) is 3.86. The average molecular weight is 290 g/mol. The van der Waals surface area contributed by atoms with E-state index in [1.165, 1.54) is 0 Å². The van der Waals surface area contributed by atoms with Gasteiger partial charge in [0, 0.05) is 36.7 Å². The second kappa shape index (κ2) is 7.38. The predicted molar refractivity (Wildman–Crippen MR) is 72.2 cm³/mol. The molecule has 0 aliphatic carbocycles. The Labute approximate surface area is 115 Å². The monoisotopic (exact) mass is 289 g/mol. The molecule has 1 amide bonds. The van der Waals surface area contributed by atoms with E-state index in [2.05, 4.69) is 0 Å². The lowest BCUT2D eigenvalue weighted by molar-refractivity contribution is -0.138. The summed E-state index contributed by atoms with van der Waals surface area (Å²) < 4.78 is 0. The molecule has 0 saturated carbocycles. The maximum absolute atomic E-state index is 11.7. The van der Waals surface area contributed by atoms with Crippen LogP contribution in [0.1, 0.15) is 24.1 Å². The minimum absolute atomic E-state index is 0.0323. The Morgan fingerprint density at radius 1 is 1.44 bits per heavy atom. The van der Waals surface area contributed by atoms with Gasteiger partial charge in [-0.1, -0.05) is 11.6 Å². The van der Waals surface area contributed by atoms with E-state index < -0.39 is 5.97 Å². The lowest BCUT2D eigenvalue weighted by Crippen LogP contribution is -2.28. The number of aliphatic carboxylic acids is 1. The maximum Gasteiger partial charge on any atom is 0.303 e. The first-order valence-corrected chi connectivity index (χ1v) is 6.93. The number of carbonyl (C=O) groups excluding carboxylic acids is 1. The quantitative estimate of drug-likeness (QED) is 0.839. The van der Waals surface area contributed by atoms with Crippen molar-refractivity contribution in [3.8, 4) is 0 Å². The summed E-state index contributed by atoms with van der Waals surface area (Å²) >= 11 is 7.34. The van der Waals surface area contributed by atoms with Crippen molar-refractivity contribution in [2.75, 3.05) is 13.6 Å². The van der Waals surface area contributed by atoms with Crippen LogP contribution in [0.4, 0.5) is 0 Å². The normalized spacial score (nSPS) is 10.3. The van der Waals surface area contributed by atoms with Crippen LogP contribution in [-0.2, 0) is 16.0 Å². The number of nitrogens with zero attached hydrogens (tertiary/aromatic N) is 1. The second-order valence-corrected chi connectivity index (χ2v) is 5.48. The van der Waals surface area contributed by atoms with Crippen molar-refractivity contribution in [3.63, 3.8) is 0 Å². The van der Waals surface area contributed by atoms with Gasteiger partial charge in [-0.25, -0.2) is 0 Å². The highest BCUT2D eigenvalue weighted by molar-refractivity contribution is 7.10. The Morgan fingerprint density at radius 3 is 2.72 bits per heavy atom. The van der Waals surface area contributed by atoms with Crippen molar-refractivity contribution >= 4 is 34.8 Å². The van der Waals surface area contributed by atoms with Crippen LogP contribution in [0.25, 0.3) is 0 Å². The Kier molecular flexibility index (Phi) is 6.15. The molecule has 0 atom stereocenters. The predicted octanol–water partition coefficient (Wildman–Crippen LogP) is 2.66. The lowest BCUT2D eigenvalue weighted by atomic mass is 10.2. The number of amides is 1. The number of halogens is 1. The number of hydrogen-bond donors (Lipinski definition) is 1. The van der Waals surface area contributed by atoms with Crippen LogP contribution >= 0.6 is 22.9 Å². The fourth-order valence-electron chi connectivity index (χ4n) is 1.50. The minimum atomic E-state index is -0.830. The second-order valence-electron chi connectivity index (χ2n) is 4.04. The Hall–Kier alpha value is -1.07. The number of rotatable bonds is 7. The minimum Gasteiger partial charge on any atom is -0.481 e. The third kappa shape index (κ3) is 5.51. The van der Waals surface area contributed by atoms with Gasteiger partial charge in [0.05, 0.1) is 5.02 Å². The Morgan fingerprint density at radius 2 is 2.17 bits per heavy atom. The summed E-state index contributed by atoms with van der Waals surface area (Å²) in [4.78, 5) is 24.8. The molecule has 18 heavy (non-hydrogen) atoms. The van der Waals surface area contributed by atoms with Crippen molar-refractivity contribution in [1.29, 1.82) is 0 Å². The molecule has 0 aliphatic heterocycles. The molecule has 1 aromatic rings. The zero-order valence-corrected chi connectivity index (χ0v) is 11.8. The molecule has 0 aliphatic rings. The van der Waals surface area contributed by atoms with Crippen LogP contribution in [-0.4, -0.2) is 35.5 Å². The number of aryl methyl sites for hydroxylation is 1. The largest absolute Gasteiger partial charge is 0.481 e. The number of carboxylic acids is 1. The van der Waals surface area contributed by atoms with Gasteiger partial charge in [-0.05, 0) is 18.9 Å². The van der Waals surface area contributed by atoms with E-state index in [9.17, 15) is 9.59 Å². The van der Waals surface area contributed by atoms with Crippen molar-refractivity contribution in [3.05, 3.63) is 21.3 Å². The third-order valence-electron chi connectivity index (χ3n) is 2.52. The van der Waals surface area contributed by atoms with Crippen molar-refractivity contribution in [2.45, 2.75) is 25.7 Å². The fourth-order valence-corrected chi connectivity index (χ4v) is 2.58. The molecule has 100 valence electrons. The SMILES string of the molecule is CN(CCCC(=O)O)C(=O)CCc1cc(Cl)cs1. The fraction of sp³-hybridized carbons (Fsp3) is 0.500. The highest BCUT2D eigenvalue weighted by Crippen LogP contribution is 2.20. The molecule has 1 rings (SSSR count). The number of thiophene rings is 1. The average Bonchev–Trinajstić information content (AvgIpc) is 2.71. The molecule has 0 unspecified atom stereocenters. The van der Waals surface area contributed by atoms with Crippen molar-refractivity contribution < 1.29 is 14.7 Å². The van der Waals surface area contributed by atoms with Gasteiger partial charge in [-0.3, -0.25) is 9.59 Å². The van der Waals surface area contributed by atoms with E-state index in [4.69, 9.17) is 16.7 Å². The summed E-state index contributed by atoms with van der Waals surface area (Å²) in [5, 5.41) is 11.1. The first-order valence-electron chi connectivity index (χ1n) is 5.67. The van der Waals surface area contributed by atoms with Crippen LogP contribution < -0.4 is 0 Å². The zero-order valence-electron chi connectivity index (χ0n) is 10.2. The van der Waals surface area contributed by atoms with Gasteiger partial charge < -0.3 is 10.0 Å². The van der Waals surface area contributed by atoms with Crippen molar-refractivity contribution in [1.82, 2.24) is 4.90 Å². The van der Waals surface area contributed by atoms with Gasteiger partial charge in [0.2, 0.25) is 5.91 Å². The van der Waals surface area contributed by atoms with Gasteiger partial charge in [0.15, 0.2) is 0 Å². The first kappa shape index (κ1) is 15.0. The highest BCUT2D eigenvalue weighted by atomic mass is 35.5. The molecule has 4 nitrogen and oxygen atoms in total. The van der Waals surface area contributed by atoms with E-state index in [-0.39, 0.29) is 12.3 Å². The topological polar surface area (TPSA) is 57.6 Å². The van der Waals surface area contributed by atoms with Crippen LogP contribution in [0.15, 0.2) is 11.4 Å². The van der Waals surface area contributed by atoms with E-state index in [0.29, 0.717) is 30.8 Å². The molecule has 0 saturated heterocycles. The summed E-state index contributed by atoms with van der Waals surface area (Å²) in [6.07, 6.45) is 1.69. The van der Waals surface area contributed by atoms with Crippen LogP contribution in [0.2, 0.25) is 5.02 Å². The summed E-state index contributed by atoms with van der Waals surface area (Å²) in [6.45, 7) is 0.482.